The van der Waals surface area contributed by atoms with Gasteiger partial charge < -0.3 is 10.8 Å². The topological polar surface area (TPSA) is 49.5 Å². The molecule has 0 spiro atoms. The highest BCUT2D eigenvalue weighted by Gasteiger charge is 2.24. The van der Waals surface area contributed by atoms with Crippen LogP contribution in [0.4, 0.5) is 5.69 Å². The van der Waals surface area contributed by atoms with Gasteiger partial charge in [0.1, 0.15) is 0 Å². The van der Waals surface area contributed by atoms with E-state index in [-0.39, 0.29) is 6.10 Å². The number of hydrogen-bond donors (Lipinski definition) is 2. The molecule has 0 aromatic heterocycles. The number of hydrogen-bond acceptors (Lipinski definition) is 3. The van der Waals surface area contributed by atoms with Crippen molar-refractivity contribution in [2.75, 3.05) is 12.8 Å². The van der Waals surface area contributed by atoms with Gasteiger partial charge in [-0.25, -0.2) is 0 Å². The van der Waals surface area contributed by atoms with Crippen LogP contribution in [-0.4, -0.2) is 29.2 Å². The molecule has 0 saturated heterocycles. The minimum absolute atomic E-state index is 0.146. The number of nitrogens with zero attached hydrogens (tertiary/aromatic N) is 1. The minimum Gasteiger partial charge on any atom is -0.398 e. The van der Waals surface area contributed by atoms with Gasteiger partial charge in [-0.05, 0) is 66.4 Å². The Bertz CT molecular complexity index is 453. The lowest BCUT2D eigenvalue weighted by Crippen LogP contribution is -2.37. The van der Waals surface area contributed by atoms with E-state index in [1.807, 2.05) is 6.07 Å². The number of aliphatic hydroxyl groups excluding tert-OH is 1. The van der Waals surface area contributed by atoms with Gasteiger partial charge in [-0.1, -0.05) is 15.9 Å². The van der Waals surface area contributed by atoms with E-state index < -0.39 is 0 Å². The van der Waals surface area contributed by atoms with Crippen molar-refractivity contribution in [2.24, 2.45) is 0 Å². The highest BCUT2D eigenvalue weighted by molar-refractivity contribution is 9.11. The Kier molecular flexibility index (Phi) is 5.29. The lowest BCUT2D eigenvalue weighted by Gasteiger charge is -2.33. The van der Waals surface area contributed by atoms with Crippen molar-refractivity contribution in [3.05, 3.63) is 26.6 Å². The van der Waals surface area contributed by atoms with Crippen LogP contribution in [0.25, 0.3) is 0 Å². The molecule has 0 aliphatic heterocycles. The molecule has 3 N–H and O–H groups in total. The summed E-state index contributed by atoms with van der Waals surface area (Å²) in [6.45, 7) is 0.807. The van der Waals surface area contributed by atoms with Gasteiger partial charge in [-0.2, -0.15) is 0 Å². The summed E-state index contributed by atoms with van der Waals surface area (Å²) >= 11 is 6.98. The fraction of sp³-hybridized carbons (Fsp3) is 0.571. The largest absolute Gasteiger partial charge is 0.398 e. The summed E-state index contributed by atoms with van der Waals surface area (Å²) in [6, 6.07) is 4.47. The van der Waals surface area contributed by atoms with E-state index in [4.69, 9.17) is 5.73 Å². The summed E-state index contributed by atoms with van der Waals surface area (Å²) < 4.78 is 1.95. The highest BCUT2D eigenvalue weighted by atomic mass is 79.9. The van der Waals surface area contributed by atoms with Crippen LogP contribution in [0.1, 0.15) is 31.2 Å². The molecule has 106 valence electrons. The predicted molar refractivity (Wildman–Crippen MR) is 86.0 cm³/mol. The van der Waals surface area contributed by atoms with Crippen LogP contribution in [0.2, 0.25) is 0 Å². The molecule has 1 aliphatic carbocycles. The Hall–Kier alpha value is -0.100. The molecule has 0 radical (unpaired) electrons. The van der Waals surface area contributed by atoms with E-state index in [0.717, 1.165) is 52.4 Å². The normalized spacial score (nSPS) is 23.8. The summed E-state index contributed by atoms with van der Waals surface area (Å²) in [5.74, 6) is 0. The van der Waals surface area contributed by atoms with Crippen LogP contribution in [0, 0.1) is 0 Å². The Morgan fingerprint density at radius 3 is 2.79 bits per heavy atom. The molecule has 1 fully saturated rings. The molecule has 0 bridgehead atoms. The third kappa shape index (κ3) is 3.94. The number of benzene rings is 1. The zero-order chi connectivity index (χ0) is 14.0. The Balaban J connectivity index is 2.08. The van der Waals surface area contributed by atoms with Crippen molar-refractivity contribution < 1.29 is 5.11 Å². The zero-order valence-corrected chi connectivity index (χ0v) is 14.2. The van der Waals surface area contributed by atoms with Gasteiger partial charge in [0.15, 0.2) is 0 Å². The zero-order valence-electron chi connectivity index (χ0n) is 11.1. The molecular weight excluding hydrogens is 372 g/mol. The Labute approximate surface area is 131 Å². The molecule has 1 aliphatic rings. The van der Waals surface area contributed by atoms with E-state index >= 15 is 0 Å². The number of rotatable bonds is 3. The molecular formula is C14H20Br2N2O. The first-order valence-electron chi connectivity index (χ1n) is 6.59. The van der Waals surface area contributed by atoms with Gasteiger partial charge in [-0.15, -0.1) is 0 Å². The summed E-state index contributed by atoms with van der Waals surface area (Å²) in [7, 11) is 2.11. The van der Waals surface area contributed by atoms with Crippen LogP contribution in [-0.2, 0) is 6.54 Å². The Morgan fingerprint density at radius 1 is 1.37 bits per heavy atom. The maximum atomic E-state index is 9.77. The van der Waals surface area contributed by atoms with Crippen LogP contribution in [0.5, 0.6) is 0 Å². The van der Waals surface area contributed by atoms with Gasteiger partial charge in [0.2, 0.25) is 0 Å². The van der Waals surface area contributed by atoms with E-state index in [2.05, 4.69) is 49.9 Å². The Morgan fingerprint density at radius 2 is 2.11 bits per heavy atom. The van der Waals surface area contributed by atoms with Gasteiger partial charge in [0.05, 0.1) is 11.8 Å². The van der Waals surface area contributed by atoms with Crippen molar-refractivity contribution in [1.82, 2.24) is 4.90 Å². The standard InChI is InChI=1S/C14H20Br2N2O/c1-18(11-3-2-4-12(19)7-11)8-9-5-10(15)6-13(16)14(9)17/h5-6,11-12,19H,2-4,7-8,17H2,1H3/t11-,12+/m1/s1. The van der Waals surface area contributed by atoms with Gasteiger partial charge >= 0.3 is 0 Å². The quantitative estimate of drug-likeness (QED) is 0.775. The van der Waals surface area contributed by atoms with Gasteiger partial charge in [0.25, 0.3) is 0 Å². The van der Waals surface area contributed by atoms with Crippen LogP contribution in [0.3, 0.4) is 0 Å². The molecule has 2 atom stereocenters. The first-order chi connectivity index (χ1) is 8.97. The van der Waals surface area contributed by atoms with Crippen molar-refractivity contribution in [3.8, 4) is 0 Å². The third-order valence-electron chi connectivity index (χ3n) is 3.84. The molecule has 0 unspecified atom stereocenters. The number of anilines is 1. The summed E-state index contributed by atoms with van der Waals surface area (Å²) in [6.07, 6.45) is 3.92. The second-order valence-electron chi connectivity index (χ2n) is 5.35. The average molecular weight is 392 g/mol. The first kappa shape index (κ1) is 15.3. The second-order valence-corrected chi connectivity index (χ2v) is 7.12. The summed E-state index contributed by atoms with van der Waals surface area (Å²) in [5, 5.41) is 9.77. The maximum absolute atomic E-state index is 9.77. The second kappa shape index (κ2) is 6.57. The van der Waals surface area contributed by atoms with Gasteiger partial charge in [0, 0.05) is 21.5 Å². The molecule has 1 aromatic carbocycles. The SMILES string of the molecule is CN(Cc1cc(Br)cc(Br)c1N)[C@@H]1CCC[C@H](O)C1. The van der Waals surface area contributed by atoms with E-state index in [0.29, 0.717) is 6.04 Å². The first-order valence-corrected chi connectivity index (χ1v) is 8.17. The average Bonchev–Trinajstić information content (AvgIpc) is 2.35. The fourth-order valence-electron chi connectivity index (χ4n) is 2.71. The van der Waals surface area contributed by atoms with Crippen molar-refractivity contribution >= 4 is 37.5 Å². The van der Waals surface area contributed by atoms with E-state index in [9.17, 15) is 5.11 Å². The fourth-order valence-corrected chi connectivity index (χ4v) is 4.02. The molecule has 3 nitrogen and oxygen atoms in total. The minimum atomic E-state index is -0.146. The molecule has 0 amide bonds. The molecule has 5 heteroatoms. The lowest BCUT2D eigenvalue weighted by molar-refractivity contribution is 0.0701. The molecule has 0 heterocycles. The number of nitrogens with two attached hydrogens (primary N) is 1. The number of nitrogen functional groups attached to an aromatic ring is 1. The third-order valence-corrected chi connectivity index (χ3v) is 4.96. The van der Waals surface area contributed by atoms with E-state index in [1.165, 1.54) is 0 Å². The van der Waals surface area contributed by atoms with Gasteiger partial charge in [-0.3, -0.25) is 4.90 Å². The summed E-state index contributed by atoms with van der Waals surface area (Å²) in [4.78, 5) is 2.30. The smallest absolute Gasteiger partial charge is 0.0555 e. The molecule has 1 aromatic rings. The van der Waals surface area contributed by atoms with E-state index in [1.54, 1.807) is 0 Å². The van der Waals surface area contributed by atoms with Crippen LogP contribution in [0.15, 0.2) is 21.1 Å². The highest BCUT2D eigenvalue weighted by Crippen LogP contribution is 2.30. The van der Waals surface area contributed by atoms with Crippen molar-refractivity contribution in [1.29, 1.82) is 0 Å². The monoisotopic (exact) mass is 390 g/mol. The molecule has 19 heavy (non-hydrogen) atoms. The predicted octanol–water partition coefficient (Wildman–Crippen LogP) is 3.53. The summed E-state index contributed by atoms with van der Waals surface area (Å²) in [5.41, 5.74) is 8.03. The molecule has 1 saturated carbocycles. The lowest BCUT2D eigenvalue weighted by atomic mass is 9.92. The number of aliphatic hydroxyl groups is 1. The van der Waals surface area contributed by atoms with Crippen molar-refractivity contribution in [2.45, 2.75) is 44.4 Å². The number of halogens is 2. The molecule has 2 rings (SSSR count). The van der Waals surface area contributed by atoms with Crippen LogP contribution >= 0.6 is 31.9 Å². The van der Waals surface area contributed by atoms with Crippen molar-refractivity contribution in [3.63, 3.8) is 0 Å². The van der Waals surface area contributed by atoms with Crippen LogP contribution < -0.4 is 5.73 Å². The maximum Gasteiger partial charge on any atom is 0.0555 e.